The van der Waals surface area contributed by atoms with Crippen molar-refractivity contribution in [2.75, 3.05) is 13.2 Å². The zero-order valence-corrected chi connectivity index (χ0v) is 15.9. The standard InChI is InChI=1S/C23H19BrO2/c24-22-12-6-17(7-13-22)14-18-15-25-23(26-16-18)21-10-8-20(9-11-21)19-4-2-1-3-5-19/h1-14,23H,15-16H2. The summed E-state index contributed by atoms with van der Waals surface area (Å²) in [5, 5.41) is 0. The summed E-state index contributed by atoms with van der Waals surface area (Å²) in [6.45, 7) is 1.17. The first kappa shape index (κ1) is 17.2. The molecule has 4 rings (SSSR count). The minimum absolute atomic E-state index is 0.304. The second-order valence-corrected chi connectivity index (χ2v) is 7.21. The van der Waals surface area contributed by atoms with Crippen LogP contribution in [-0.4, -0.2) is 13.2 Å². The topological polar surface area (TPSA) is 18.5 Å². The van der Waals surface area contributed by atoms with Gasteiger partial charge in [-0.1, -0.05) is 88.7 Å². The average Bonchev–Trinajstić information content (AvgIpc) is 2.71. The van der Waals surface area contributed by atoms with Crippen molar-refractivity contribution in [2.45, 2.75) is 6.29 Å². The minimum atomic E-state index is -0.304. The van der Waals surface area contributed by atoms with E-state index in [9.17, 15) is 0 Å². The quantitative estimate of drug-likeness (QED) is 0.511. The average molecular weight is 407 g/mol. The smallest absolute Gasteiger partial charge is 0.184 e. The van der Waals surface area contributed by atoms with Crippen LogP contribution in [-0.2, 0) is 9.47 Å². The van der Waals surface area contributed by atoms with E-state index in [0.29, 0.717) is 13.2 Å². The summed E-state index contributed by atoms with van der Waals surface area (Å²) < 4.78 is 12.9. The monoisotopic (exact) mass is 406 g/mol. The third kappa shape index (κ3) is 4.13. The summed E-state index contributed by atoms with van der Waals surface area (Å²) >= 11 is 3.45. The second-order valence-electron chi connectivity index (χ2n) is 6.30. The van der Waals surface area contributed by atoms with Crippen LogP contribution in [0.3, 0.4) is 0 Å². The lowest BCUT2D eigenvalue weighted by Gasteiger charge is -2.25. The highest BCUT2D eigenvalue weighted by Crippen LogP contribution is 2.28. The van der Waals surface area contributed by atoms with Crippen LogP contribution in [0.25, 0.3) is 17.2 Å². The van der Waals surface area contributed by atoms with Gasteiger partial charge in [0.25, 0.3) is 0 Å². The van der Waals surface area contributed by atoms with Crippen LogP contribution in [0.4, 0.5) is 0 Å². The molecule has 0 saturated carbocycles. The molecule has 130 valence electrons. The van der Waals surface area contributed by atoms with Crippen molar-refractivity contribution in [1.82, 2.24) is 0 Å². The fraction of sp³-hybridized carbons (Fsp3) is 0.130. The van der Waals surface area contributed by atoms with Crippen LogP contribution in [0.15, 0.2) is 88.9 Å². The molecule has 0 bridgehead atoms. The third-order valence-electron chi connectivity index (χ3n) is 4.37. The van der Waals surface area contributed by atoms with Gasteiger partial charge in [-0.05, 0) is 34.4 Å². The van der Waals surface area contributed by atoms with Gasteiger partial charge in [0.1, 0.15) is 0 Å². The van der Waals surface area contributed by atoms with Gasteiger partial charge in [-0.3, -0.25) is 0 Å². The van der Waals surface area contributed by atoms with Crippen LogP contribution in [0.5, 0.6) is 0 Å². The first-order chi connectivity index (χ1) is 12.8. The molecule has 1 aliphatic rings. The van der Waals surface area contributed by atoms with Gasteiger partial charge in [0.2, 0.25) is 0 Å². The first-order valence-electron chi connectivity index (χ1n) is 8.61. The van der Waals surface area contributed by atoms with Crippen molar-refractivity contribution in [3.63, 3.8) is 0 Å². The first-order valence-corrected chi connectivity index (χ1v) is 9.41. The van der Waals surface area contributed by atoms with Crippen LogP contribution in [0, 0.1) is 0 Å². The van der Waals surface area contributed by atoms with E-state index in [4.69, 9.17) is 9.47 Å². The van der Waals surface area contributed by atoms with Gasteiger partial charge in [0, 0.05) is 10.0 Å². The molecule has 0 aliphatic carbocycles. The van der Waals surface area contributed by atoms with Crippen molar-refractivity contribution in [3.05, 3.63) is 100 Å². The number of ether oxygens (including phenoxy) is 2. The van der Waals surface area contributed by atoms with E-state index in [1.165, 1.54) is 11.1 Å². The molecule has 1 fully saturated rings. The molecule has 0 radical (unpaired) electrons. The van der Waals surface area contributed by atoms with Gasteiger partial charge in [0.15, 0.2) is 6.29 Å². The lowest BCUT2D eigenvalue weighted by molar-refractivity contribution is -0.160. The summed E-state index contributed by atoms with van der Waals surface area (Å²) in [5.74, 6) is 0. The van der Waals surface area contributed by atoms with Crippen LogP contribution in [0.1, 0.15) is 17.4 Å². The van der Waals surface area contributed by atoms with Gasteiger partial charge in [0.05, 0.1) is 13.2 Å². The van der Waals surface area contributed by atoms with Crippen molar-refractivity contribution < 1.29 is 9.47 Å². The van der Waals surface area contributed by atoms with E-state index in [1.54, 1.807) is 0 Å². The van der Waals surface area contributed by atoms with Crippen LogP contribution < -0.4 is 0 Å². The zero-order chi connectivity index (χ0) is 17.8. The van der Waals surface area contributed by atoms with E-state index in [2.05, 4.69) is 82.7 Å². The van der Waals surface area contributed by atoms with E-state index in [-0.39, 0.29) is 6.29 Å². The summed E-state index contributed by atoms with van der Waals surface area (Å²) in [4.78, 5) is 0. The number of hydrogen-bond acceptors (Lipinski definition) is 2. The fourth-order valence-corrected chi connectivity index (χ4v) is 3.25. The molecule has 3 aromatic rings. The maximum Gasteiger partial charge on any atom is 0.184 e. The third-order valence-corrected chi connectivity index (χ3v) is 4.90. The Labute approximate surface area is 162 Å². The molecule has 2 nitrogen and oxygen atoms in total. The Balaban J connectivity index is 1.41. The molecular formula is C23H19BrO2. The molecule has 3 aromatic carbocycles. The van der Waals surface area contributed by atoms with E-state index >= 15 is 0 Å². The number of benzene rings is 3. The summed E-state index contributed by atoms with van der Waals surface area (Å²) in [7, 11) is 0. The highest BCUT2D eigenvalue weighted by atomic mass is 79.9. The molecule has 0 N–H and O–H groups in total. The van der Waals surface area contributed by atoms with Crippen LogP contribution >= 0.6 is 15.9 Å². The molecule has 0 unspecified atom stereocenters. The van der Waals surface area contributed by atoms with Crippen molar-refractivity contribution >= 4 is 22.0 Å². The summed E-state index contributed by atoms with van der Waals surface area (Å²) in [5.41, 5.74) is 5.75. The molecule has 1 saturated heterocycles. The Morgan fingerprint density at radius 2 is 1.35 bits per heavy atom. The molecule has 26 heavy (non-hydrogen) atoms. The van der Waals surface area contributed by atoms with Gasteiger partial charge >= 0.3 is 0 Å². The molecule has 0 amide bonds. The Kier molecular flexibility index (Phi) is 5.30. The predicted molar refractivity (Wildman–Crippen MR) is 109 cm³/mol. The fourth-order valence-electron chi connectivity index (χ4n) is 2.99. The molecule has 0 aromatic heterocycles. The highest BCUT2D eigenvalue weighted by Gasteiger charge is 2.19. The molecule has 0 spiro atoms. The molecule has 1 aliphatic heterocycles. The van der Waals surface area contributed by atoms with Crippen molar-refractivity contribution in [1.29, 1.82) is 0 Å². The number of halogens is 1. The maximum atomic E-state index is 5.92. The van der Waals surface area contributed by atoms with Gasteiger partial charge < -0.3 is 9.47 Å². The Bertz CT molecular complexity index is 874. The van der Waals surface area contributed by atoms with Crippen molar-refractivity contribution in [3.8, 4) is 11.1 Å². The van der Waals surface area contributed by atoms with Gasteiger partial charge in [-0.25, -0.2) is 0 Å². The lowest BCUT2D eigenvalue weighted by atomic mass is 10.0. The van der Waals surface area contributed by atoms with Gasteiger partial charge in [-0.2, -0.15) is 0 Å². The van der Waals surface area contributed by atoms with Crippen LogP contribution in [0.2, 0.25) is 0 Å². The second kappa shape index (κ2) is 8.00. The lowest BCUT2D eigenvalue weighted by Crippen LogP contribution is -2.20. The van der Waals surface area contributed by atoms with Gasteiger partial charge in [-0.15, -0.1) is 0 Å². The highest BCUT2D eigenvalue weighted by molar-refractivity contribution is 9.10. The molecule has 0 atom stereocenters. The molecule has 3 heteroatoms. The largest absolute Gasteiger partial charge is 0.344 e. The maximum absolute atomic E-state index is 5.92. The summed E-state index contributed by atoms with van der Waals surface area (Å²) in [6, 6.07) is 27.0. The summed E-state index contributed by atoms with van der Waals surface area (Å²) in [6.07, 6.45) is 1.82. The Hall–Kier alpha value is -2.20. The SMILES string of the molecule is Brc1ccc(C=C2COC(c3ccc(-c4ccccc4)cc3)OC2)cc1. The van der Waals surface area contributed by atoms with E-state index in [1.807, 2.05) is 18.2 Å². The predicted octanol–water partition coefficient (Wildman–Crippen LogP) is 6.25. The van der Waals surface area contributed by atoms with E-state index < -0.39 is 0 Å². The molecular weight excluding hydrogens is 388 g/mol. The van der Waals surface area contributed by atoms with Crippen molar-refractivity contribution in [2.24, 2.45) is 0 Å². The van der Waals surface area contributed by atoms with E-state index in [0.717, 1.165) is 21.2 Å². The number of hydrogen-bond donors (Lipinski definition) is 0. The number of rotatable bonds is 3. The molecule has 1 heterocycles. The zero-order valence-electron chi connectivity index (χ0n) is 14.3. The Morgan fingerprint density at radius 1 is 0.731 bits per heavy atom. The normalized spacial score (nSPS) is 17.1. The minimum Gasteiger partial charge on any atom is -0.344 e. The Morgan fingerprint density at radius 3 is 2.00 bits per heavy atom.